The number of para-hydroxylation sites is 2. The molecule has 1 amide bonds. The van der Waals surface area contributed by atoms with Crippen LogP contribution in [0.15, 0.2) is 48.7 Å². The molecule has 2 aromatic carbocycles. The molecule has 2 N–H and O–H groups in total. The standard InChI is InChI=1S/C22H24N2O3/c1-26-20-9-5-7-16(22(20)27-2)17(12-21(25)24-14-10-11-14)18-13-23-19-8-4-3-6-15(18)19/h3-9,13-14,17,23H,10-12H2,1-2H3,(H,24,25)/t17-/m0/s1. The Labute approximate surface area is 158 Å². The average Bonchev–Trinajstić information content (AvgIpc) is 3.41. The molecule has 5 heteroatoms. The number of methoxy groups -OCH3 is 2. The van der Waals surface area contributed by atoms with Gasteiger partial charge in [-0.2, -0.15) is 0 Å². The van der Waals surface area contributed by atoms with Gasteiger partial charge in [-0.1, -0.05) is 30.3 Å². The molecule has 1 aliphatic carbocycles. The summed E-state index contributed by atoms with van der Waals surface area (Å²) in [5.41, 5.74) is 3.10. The van der Waals surface area contributed by atoms with Crippen LogP contribution in [0.5, 0.6) is 11.5 Å². The third-order valence-corrected chi connectivity index (χ3v) is 5.14. The molecule has 0 bridgehead atoms. The van der Waals surface area contributed by atoms with E-state index in [0.717, 1.165) is 34.9 Å². The first kappa shape index (κ1) is 17.5. The highest BCUT2D eigenvalue weighted by molar-refractivity contribution is 5.86. The zero-order valence-electron chi connectivity index (χ0n) is 15.6. The van der Waals surface area contributed by atoms with E-state index in [1.54, 1.807) is 14.2 Å². The third-order valence-electron chi connectivity index (χ3n) is 5.14. The Balaban J connectivity index is 1.79. The van der Waals surface area contributed by atoms with Crippen LogP contribution in [0.3, 0.4) is 0 Å². The summed E-state index contributed by atoms with van der Waals surface area (Å²) in [7, 11) is 3.26. The quantitative estimate of drug-likeness (QED) is 0.666. The van der Waals surface area contributed by atoms with Crippen LogP contribution in [0.4, 0.5) is 0 Å². The van der Waals surface area contributed by atoms with Crippen LogP contribution >= 0.6 is 0 Å². The van der Waals surface area contributed by atoms with E-state index in [9.17, 15) is 4.79 Å². The second kappa shape index (κ2) is 7.35. The molecular weight excluding hydrogens is 340 g/mol. The minimum absolute atomic E-state index is 0.0673. The molecule has 0 unspecified atom stereocenters. The molecule has 1 fully saturated rings. The Hall–Kier alpha value is -2.95. The Morgan fingerprint density at radius 3 is 2.67 bits per heavy atom. The second-order valence-electron chi connectivity index (χ2n) is 6.97. The van der Waals surface area contributed by atoms with Crippen molar-refractivity contribution >= 4 is 16.8 Å². The number of ether oxygens (including phenoxy) is 2. The number of nitrogens with one attached hydrogen (secondary N) is 2. The van der Waals surface area contributed by atoms with Crippen molar-refractivity contribution < 1.29 is 14.3 Å². The fourth-order valence-corrected chi connectivity index (χ4v) is 3.66. The molecule has 27 heavy (non-hydrogen) atoms. The van der Waals surface area contributed by atoms with Gasteiger partial charge in [0.1, 0.15) is 0 Å². The Morgan fingerprint density at radius 2 is 1.93 bits per heavy atom. The van der Waals surface area contributed by atoms with Gasteiger partial charge in [0.05, 0.1) is 14.2 Å². The largest absolute Gasteiger partial charge is 0.493 e. The van der Waals surface area contributed by atoms with Crippen molar-refractivity contribution in [3.8, 4) is 11.5 Å². The van der Waals surface area contributed by atoms with Crippen molar-refractivity contribution in [3.05, 3.63) is 59.8 Å². The highest BCUT2D eigenvalue weighted by Crippen LogP contribution is 2.42. The number of carbonyl (C=O) groups is 1. The predicted octanol–water partition coefficient (Wildman–Crippen LogP) is 3.99. The minimum atomic E-state index is -0.134. The van der Waals surface area contributed by atoms with Crippen molar-refractivity contribution in [1.29, 1.82) is 0 Å². The molecule has 0 spiro atoms. The number of benzene rings is 2. The van der Waals surface area contributed by atoms with Crippen LogP contribution in [0.1, 0.15) is 36.3 Å². The second-order valence-corrected chi connectivity index (χ2v) is 6.97. The summed E-state index contributed by atoms with van der Waals surface area (Å²) in [6, 6.07) is 14.3. The Bertz CT molecular complexity index is 959. The van der Waals surface area contributed by atoms with Gasteiger partial charge in [0.15, 0.2) is 11.5 Å². The fourth-order valence-electron chi connectivity index (χ4n) is 3.66. The van der Waals surface area contributed by atoms with Crippen molar-refractivity contribution in [1.82, 2.24) is 10.3 Å². The molecule has 4 rings (SSSR count). The maximum Gasteiger partial charge on any atom is 0.221 e. The van der Waals surface area contributed by atoms with Crippen LogP contribution in [0.2, 0.25) is 0 Å². The number of aromatic amines is 1. The number of hydrogen-bond donors (Lipinski definition) is 2. The number of amides is 1. The van der Waals surface area contributed by atoms with Crippen LogP contribution < -0.4 is 14.8 Å². The van der Waals surface area contributed by atoms with E-state index in [0.29, 0.717) is 24.0 Å². The van der Waals surface area contributed by atoms with Gasteiger partial charge in [-0.05, 0) is 30.5 Å². The van der Waals surface area contributed by atoms with Gasteiger partial charge in [0, 0.05) is 41.0 Å². The highest BCUT2D eigenvalue weighted by atomic mass is 16.5. The Kier molecular flexibility index (Phi) is 4.75. The average molecular weight is 364 g/mol. The number of H-pyrrole nitrogens is 1. The smallest absolute Gasteiger partial charge is 0.221 e. The van der Waals surface area contributed by atoms with Gasteiger partial charge >= 0.3 is 0 Å². The summed E-state index contributed by atoms with van der Waals surface area (Å²) in [4.78, 5) is 16.0. The zero-order chi connectivity index (χ0) is 18.8. The number of fused-ring (bicyclic) bond motifs is 1. The molecule has 0 saturated heterocycles. The first-order chi connectivity index (χ1) is 13.2. The van der Waals surface area contributed by atoms with Crippen molar-refractivity contribution in [3.63, 3.8) is 0 Å². The molecule has 1 atom stereocenters. The normalized spacial score (nSPS) is 14.7. The van der Waals surface area contributed by atoms with Crippen molar-refractivity contribution in [2.24, 2.45) is 0 Å². The number of aromatic nitrogens is 1. The van der Waals surface area contributed by atoms with Crippen LogP contribution in [-0.4, -0.2) is 31.2 Å². The molecule has 5 nitrogen and oxygen atoms in total. The lowest BCUT2D eigenvalue weighted by atomic mass is 9.87. The Morgan fingerprint density at radius 1 is 1.11 bits per heavy atom. The van der Waals surface area contributed by atoms with E-state index >= 15 is 0 Å². The van der Waals surface area contributed by atoms with Gasteiger partial charge in [-0.3, -0.25) is 4.79 Å². The molecule has 1 saturated carbocycles. The van der Waals surface area contributed by atoms with Gasteiger partial charge < -0.3 is 19.8 Å². The molecular formula is C22H24N2O3. The summed E-state index contributed by atoms with van der Waals surface area (Å²) in [6.07, 6.45) is 4.51. The predicted molar refractivity (Wildman–Crippen MR) is 105 cm³/mol. The van der Waals surface area contributed by atoms with E-state index < -0.39 is 0 Å². The summed E-state index contributed by atoms with van der Waals surface area (Å²) in [6.45, 7) is 0. The van der Waals surface area contributed by atoms with Crippen LogP contribution in [0, 0.1) is 0 Å². The molecule has 1 aromatic heterocycles. The fraction of sp³-hybridized carbons (Fsp3) is 0.318. The SMILES string of the molecule is COc1cccc([C@H](CC(=O)NC2CC2)c2c[nH]c3ccccc23)c1OC. The lowest BCUT2D eigenvalue weighted by Gasteiger charge is -2.21. The summed E-state index contributed by atoms with van der Waals surface area (Å²) in [5.74, 6) is 1.28. The van der Waals surface area contributed by atoms with E-state index in [1.807, 2.05) is 42.6 Å². The molecule has 1 aliphatic rings. The van der Waals surface area contributed by atoms with Gasteiger partial charge in [-0.25, -0.2) is 0 Å². The highest BCUT2D eigenvalue weighted by Gasteiger charge is 2.29. The zero-order valence-corrected chi connectivity index (χ0v) is 15.6. The van der Waals surface area contributed by atoms with E-state index in [-0.39, 0.29) is 11.8 Å². The number of rotatable bonds is 7. The summed E-state index contributed by atoms with van der Waals surface area (Å²) < 4.78 is 11.1. The third kappa shape index (κ3) is 3.50. The van der Waals surface area contributed by atoms with Crippen molar-refractivity contribution in [2.75, 3.05) is 14.2 Å². The maximum absolute atomic E-state index is 12.7. The summed E-state index contributed by atoms with van der Waals surface area (Å²) >= 11 is 0. The first-order valence-corrected chi connectivity index (χ1v) is 9.27. The van der Waals surface area contributed by atoms with Gasteiger partial charge in [-0.15, -0.1) is 0 Å². The van der Waals surface area contributed by atoms with Gasteiger partial charge in [0.25, 0.3) is 0 Å². The summed E-state index contributed by atoms with van der Waals surface area (Å²) in [5, 5.41) is 4.23. The topological polar surface area (TPSA) is 63.3 Å². The maximum atomic E-state index is 12.7. The molecule has 140 valence electrons. The number of carbonyl (C=O) groups excluding carboxylic acids is 1. The molecule has 3 aromatic rings. The molecule has 0 radical (unpaired) electrons. The first-order valence-electron chi connectivity index (χ1n) is 9.27. The number of hydrogen-bond acceptors (Lipinski definition) is 3. The van der Waals surface area contributed by atoms with Gasteiger partial charge in [0.2, 0.25) is 5.91 Å². The molecule has 0 aliphatic heterocycles. The van der Waals surface area contributed by atoms with Crippen LogP contribution in [-0.2, 0) is 4.79 Å². The monoisotopic (exact) mass is 364 g/mol. The van der Waals surface area contributed by atoms with E-state index in [4.69, 9.17) is 9.47 Å². The van der Waals surface area contributed by atoms with Crippen molar-refractivity contribution in [2.45, 2.75) is 31.2 Å². The van der Waals surface area contributed by atoms with E-state index in [1.165, 1.54) is 0 Å². The van der Waals surface area contributed by atoms with Crippen LogP contribution in [0.25, 0.3) is 10.9 Å². The van der Waals surface area contributed by atoms with E-state index in [2.05, 4.69) is 16.4 Å². The lowest BCUT2D eigenvalue weighted by Crippen LogP contribution is -2.27. The molecule has 1 heterocycles. The lowest BCUT2D eigenvalue weighted by molar-refractivity contribution is -0.121. The minimum Gasteiger partial charge on any atom is -0.493 e.